The molecule has 9 heteroatoms. The second-order valence-corrected chi connectivity index (χ2v) is 9.67. The third kappa shape index (κ3) is 4.96. The molecule has 0 radical (unpaired) electrons. The van der Waals surface area contributed by atoms with Crippen molar-refractivity contribution in [2.24, 2.45) is 0 Å². The average Bonchev–Trinajstić information content (AvgIpc) is 2.73. The summed E-state index contributed by atoms with van der Waals surface area (Å²) in [6, 6.07) is 8.42. The fourth-order valence-electron chi connectivity index (χ4n) is 3.47. The number of aromatic nitrogens is 2. The highest BCUT2D eigenvalue weighted by molar-refractivity contribution is 7.98. The van der Waals surface area contributed by atoms with E-state index in [1.807, 2.05) is 20.1 Å². The van der Waals surface area contributed by atoms with Gasteiger partial charge in [0, 0.05) is 44.0 Å². The van der Waals surface area contributed by atoms with E-state index < -0.39 is 10.0 Å². The summed E-state index contributed by atoms with van der Waals surface area (Å²) in [6.45, 7) is 5.33. The molecule has 0 N–H and O–H groups in total. The van der Waals surface area contributed by atoms with Crippen LogP contribution in [0.2, 0.25) is 0 Å². The van der Waals surface area contributed by atoms with Crippen LogP contribution in [0.15, 0.2) is 40.4 Å². The number of carbonyl (C=O) groups excluding carboxylic acids is 1. The first-order valence-corrected chi connectivity index (χ1v) is 12.2. The van der Waals surface area contributed by atoms with Crippen molar-refractivity contribution in [3.8, 4) is 0 Å². The van der Waals surface area contributed by atoms with Crippen molar-refractivity contribution >= 4 is 27.7 Å². The minimum atomic E-state index is -3.51. The van der Waals surface area contributed by atoms with Crippen LogP contribution in [0.4, 0.5) is 0 Å². The molecule has 1 saturated heterocycles. The number of aryl methyl sites for hydroxylation is 2. The van der Waals surface area contributed by atoms with Crippen molar-refractivity contribution in [2.75, 3.05) is 32.4 Å². The molecular weight excluding hydrogens is 408 g/mol. The maximum absolute atomic E-state index is 12.7. The summed E-state index contributed by atoms with van der Waals surface area (Å²) in [5, 5.41) is 0.742. The zero-order valence-electron chi connectivity index (χ0n) is 17.0. The number of rotatable bonds is 6. The highest BCUT2D eigenvalue weighted by atomic mass is 32.2. The number of thioether (sulfide) groups is 1. The lowest BCUT2D eigenvalue weighted by Gasteiger charge is -2.34. The van der Waals surface area contributed by atoms with Crippen LogP contribution in [0.25, 0.3) is 0 Å². The fourth-order valence-corrected chi connectivity index (χ4v) is 5.37. The van der Waals surface area contributed by atoms with E-state index >= 15 is 0 Å². The molecule has 1 aromatic carbocycles. The SMILES string of the molecule is CSc1nc(C)c(CCC(=O)N2CCN(S(=O)(=O)c3ccccc3)CC2)c(C)n1. The molecule has 2 aromatic rings. The topological polar surface area (TPSA) is 83.5 Å². The number of nitrogens with zero attached hydrogens (tertiary/aromatic N) is 4. The van der Waals surface area contributed by atoms with E-state index in [0.717, 1.165) is 22.1 Å². The summed E-state index contributed by atoms with van der Waals surface area (Å²) in [6.07, 6.45) is 2.90. The van der Waals surface area contributed by atoms with Crippen molar-refractivity contribution in [1.29, 1.82) is 0 Å². The van der Waals surface area contributed by atoms with Gasteiger partial charge in [0.25, 0.3) is 0 Å². The van der Waals surface area contributed by atoms with E-state index in [9.17, 15) is 13.2 Å². The molecule has 0 bridgehead atoms. The standard InChI is InChI=1S/C20H26N4O3S2/c1-15-18(16(2)22-20(21-15)28-3)9-10-19(25)23-11-13-24(14-12-23)29(26,27)17-7-5-4-6-8-17/h4-8H,9-14H2,1-3H3. The number of piperazine rings is 1. The minimum absolute atomic E-state index is 0.0366. The van der Waals surface area contributed by atoms with Crippen LogP contribution in [0.1, 0.15) is 23.4 Å². The van der Waals surface area contributed by atoms with Gasteiger partial charge in [-0.15, -0.1) is 0 Å². The molecule has 3 rings (SSSR count). The average molecular weight is 435 g/mol. The van der Waals surface area contributed by atoms with Gasteiger partial charge < -0.3 is 4.90 Å². The smallest absolute Gasteiger partial charge is 0.243 e. The Morgan fingerprint density at radius 1 is 1.03 bits per heavy atom. The largest absolute Gasteiger partial charge is 0.340 e. The van der Waals surface area contributed by atoms with Crippen LogP contribution in [0.3, 0.4) is 0 Å². The Labute approximate surface area is 176 Å². The molecule has 0 spiro atoms. The Bertz CT molecular complexity index is 949. The van der Waals surface area contributed by atoms with Gasteiger partial charge in [0.15, 0.2) is 5.16 Å². The quantitative estimate of drug-likeness (QED) is 0.512. The molecule has 1 amide bonds. The van der Waals surface area contributed by atoms with E-state index in [2.05, 4.69) is 9.97 Å². The van der Waals surface area contributed by atoms with Gasteiger partial charge in [-0.1, -0.05) is 30.0 Å². The Hall–Kier alpha value is -1.97. The molecule has 1 aromatic heterocycles. The number of carbonyl (C=O) groups is 1. The Kier molecular flexibility index (Phi) is 6.92. The van der Waals surface area contributed by atoms with Gasteiger partial charge in [-0.05, 0) is 44.2 Å². The molecule has 29 heavy (non-hydrogen) atoms. The molecule has 2 heterocycles. The van der Waals surface area contributed by atoms with Gasteiger partial charge in [-0.25, -0.2) is 18.4 Å². The van der Waals surface area contributed by atoms with E-state index in [0.29, 0.717) is 43.9 Å². The van der Waals surface area contributed by atoms with E-state index in [-0.39, 0.29) is 5.91 Å². The van der Waals surface area contributed by atoms with Gasteiger partial charge in [0.1, 0.15) is 0 Å². The maximum Gasteiger partial charge on any atom is 0.243 e. The van der Waals surface area contributed by atoms with Gasteiger partial charge in [0.2, 0.25) is 15.9 Å². The van der Waals surface area contributed by atoms with Gasteiger partial charge in [-0.2, -0.15) is 4.31 Å². The first-order valence-electron chi connectivity index (χ1n) is 9.54. The third-order valence-corrected chi connectivity index (χ3v) is 7.60. The lowest BCUT2D eigenvalue weighted by molar-refractivity contribution is -0.132. The van der Waals surface area contributed by atoms with Crippen molar-refractivity contribution in [1.82, 2.24) is 19.2 Å². The molecular formula is C20H26N4O3S2. The highest BCUT2D eigenvalue weighted by Crippen LogP contribution is 2.19. The predicted octanol–water partition coefficient (Wildman–Crippen LogP) is 2.28. The molecule has 1 fully saturated rings. The van der Waals surface area contributed by atoms with E-state index in [1.165, 1.54) is 16.1 Å². The van der Waals surface area contributed by atoms with Gasteiger partial charge in [0.05, 0.1) is 4.90 Å². The minimum Gasteiger partial charge on any atom is -0.340 e. The summed E-state index contributed by atoms with van der Waals surface area (Å²) >= 11 is 1.50. The number of benzene rings is 1. The Balaban J connectivity index is 1.57. The third-order valence-electron chi connectivity index (χ3n) is 5.14. The summed E-state index contributed by atoms with van der Waals surface area (Å²) in [5.41, 5.74) is 2.84. The summed E-state index contributed by atoms with van der Waals surface area (Å²) in [4.78, 5) is 23.6. The highest BCUT2D eigenvalue weighted by Gasteiger charge is 2.29. The maximum atomic E-state index is 12.7. The predicted molar refractivity (Wildman–Crippen MR) is 113 cm³/mol. The second-order valence-electron chi connectivity index (χ2n) is 6.96. The zero-order valence-corrected chi connectivity index (χ0v) is 18.6. The van der Waals surface area contributed by atoms with Crippen molar-refractivity contribution in [2.45, 2.75) is 36.7 Å². The van der Waals surface area contributed by atoms with E-state index in [4.69, 9.17) is 0 Å². The molecule has 0 saturated carbocycles. The fraction of sp³-hybridized carbons (Fsp3) is 0.450. The van der Waals surface area contributed by atoms with Crippen molar-refractivity contribution in [3.63, 3.8) is 0 Å². The van der Waals surface area contributed by atoms with Crippen LogP contribution in [0.5, 0.6) is 0 Å². The summed E-state index contributed by atoms with van der Waals surface area (Å²) in [5.74, 6) is 0.0366. The van der Waals surface area contributed by atoms with E-state index in [1.54, 1.807) is 35.2 Å². The molecule has 0 aliphatic carbocycles. The van der Waals surface area contributed by atoms with Crippen molar-refractivity contribution < 1.29 is 13.2 Å². The number of hydrogen-bond donors (Lipinski definition) is 0. The second kappa shape index (κ2) is 9.23. The number of amides is 1. The molecule has 1 aliphatic heterocycles. The van der Waals surface area contributed by atoms with Crippen LogP contribution in [0, 0.1) is 13.8 Å². The van der Waals surface area contributed by atoms with Crippen molar-refractivity contribution in [3.05, 3.63) is 47.3 Å². The molecule has 1 aliphatic rings. The summed E-state index contributed by atoms with van der Waals surface area (Å²) in [7, 11) is -3.51. The molecule has 156 valence electrons. The summed E-state index contributed by atoms with van der Waals surface area (Å²) < 4.78 is 26.9. The first-order chi connectivity index (χ1) is 13.8. The van der Waals surface area contributed by atoms with Crippen LogP contribution in [-0.4, -0.2) is 65.9 Å². The van der Waals surface area contributed by atoms with Crippen LogP contribution in [-0.2, 0) is 21.2 Å². The molecule has 7 nitrogen and oxygen atoms in total. The van der Waals surface area contributed by atoms with Crippen LogP contribution < -0.4 is 0 Å². The van der Waals surface area contributed by atoms with Gasteiger partial charge in [-0.3, -0.25) is 4.79 Å². The lowest BCUT2D eigenvalue weighted by Crippen LogP contribution is -2.50. The number of hydrogen-bond acceptors (Lipinski definition) is 6. The molecule has 0 atom stereocenters. The number of sulfonamides is 1. The first kappa shape index (κ1) is 21.7. The van der Waals surface area contributed by atoms with Crippen LogP contribution >= 0.6 is 11.8 Å². The normalized spacial score (nSPS) is 15.5. The Morgan fingerprint density at radius 3 is 2.17 bits per heavy atom. The van der Waals surface area contributed by atoms with Gasteiger partial charge >= 0.3 is 0 Å². The monoisotopic (exact) mass is 434 g/mol. The molecule has 0 unspecified atom stereocenters. The zero-order chi connectivity index (χ0) is 21.0. The Morgan fingerprint density at radius 2 is 1.62 bits per heavy atom. The lowest BCUT2D eigenvalue weighted by atomic mass is 10.1.